The van der Waals surface area contributed by atoms with Gasteiger partial charge in [-0.2, -0.15) is 5.26 Å². The van der Waals surface area contributed by atoms with Crippen LogP contribution in [0.25, 0.3) is 10.6 Å². The van der Waals surface area contributed by atoms with Gasteiger partial charge in [-0.3, -0.25) is 4.99 Å². The number of aromatic nitrogens is 1. The van der Waals surface area contributed by atoms with Crippen molar-refractivity contribution in [3.63, 3.8) is 0 Å². The van der Waals surface area contributed by atoms with Gasteiger partial charge in [0.05, 0.1) is 34.7 Å². The fourth-order valence-electron chi connectivity index (χ4n) is 2.48. The summed E-state index contributed by atoms with van der Waals surface area (Å²) in [6, 6.07) is 6.31. The maximum atomic E-state index is 11.0. The van der Waals surface area contributed by atoms with Crippen molar-refractivity contribution in [2.75, 3.05) is 13.2 Å². The average molecular weight is 593 g/mol. The number of aromatic carboxylic acids is 1. The molecular formula is C23H31N6O5SY-3. The molecule has 0 fully saturated rings. The molecule has 1 heterocycles. The van der Waals surface area contributed by atoms with Crippen molar-refractivity contribution < 1.29 is 57.2 Å². The second kappa shape index (κ2) is 17.8. The molecule has 6 N–H and O–H groups in total. The summed E-state index contributed by atoms with van der Waals surface area (Å²) in [6.45, 7) is 6.60. The normalized spacial score (nSPS) is 10.4. The van der Waals surface area contributed by atoms with Gasteiger partial charge in [-0.15, -0.1) is 11.3 Å². The zero-order valence-electron chi connectivity index (χ0n) is 20.8. The van der Waals surface area contributed by atoms with Gasteiger partial charge in [0, 0.05) is 50.9 Å². The first-order chi connectivity index (χ1) is 16.0. The Labute approximate surface area is 240 Å². The molecule has 1 aromatic carbocycles. The van der Waals surface area contributed by atoms with Gasteiger partial charge in [-0.1, -0.05) is 13.8 Å². The Morgan fingerprint density at radius 1 is 1.28 bits per heavy atom. The van der Waals surface area contributed by atoms with Crippen LogP contribution in [0, 0.1) is 31.6 Å². The quantitative estimate of drug-likeness (QED) is 0.145. The van der Waals surface area contributed by atoms with E-state index < -0.39 is 18.0 Å². The summed E-state index contributed by atoms with van der Waals surface area (Å²) < 4.78 is 5.60. The minimum atomic E-state index is -1.25. The number of hydrogen-bond acceptors (Lipinski definition) is 10. The van der Waals surface area contributed by atoms with Gasteiger partial charge in [-0.05, 0) is 43.9 Å². The van der Waals surface area contributed by atoms with Gasteiger partial charge in [0.2, 0.25) is 0 Å². The molecule has 0 saturated carbocycles. The zero-order chi connectivity index (χ0) is 25.8. The summed E-state index contributed by atoms with van der Waals surface area (Å²) in [7, 11) is 0. The summed E-state index contributed by atoms with van der Waals surface area (Å²) in [5.74, 6) is -1.61. The van der Waals surface area contributed by atoms with E-state index in [1.54, 1.807) is 25.1 Å². The molecule has 0 amide bonds. The number of aliphatic imine (C=N–C) groups is 1. The number of aryl methyl sites for hydroxylation is 1. The predicted octanol–water partition coefficient (Wildman–Crippen LogP) is -0.0465. The molecule has 195 valence electrons. The average Bonchev–Trinajstić information content (AvgIpc) is 3.17. The second-order valence-corrected chi connectivity index (χ2v) is 8.62. The van der Waals surface area contributed by atoms with Crippen LogP contribution in [0.15, 0.2) is 23.2 Å². The Hall–Kier alpha value is -2.59. The van der Waals surface area contributed by atoms with Gasteiger partial charge >= 0.3 is 0 Å². The largest absolute Gasteiger partial charge is 0.548 e. The molecular weight excluding hydrogens is 561 g/mol. The number of hydrogen-bond donors (Lipinski definition) is 3. The van der Waals surface area contributed by atoms with Crippen molar-refractivity contribution in [2.45, 2.75) is 39.7 Å². The van der Waals surface area contributed by atoms with Crippen LogP contribution in [-0.4, -0.2) is 42.1 Å². The van der Waals surface area contributed by atoms with Crippen LogP contribution in [0.3, 0.4) is 0 Å². The predicted molar refractivity (Wildman–Crippen MR) is 131 cm³/mol. The summed E-state index contributed by atoms with van der Waals surface area (Å²) >= 11 is 1.04. The molecule has 0 bridgehead atoms. The van der Waals surface area contributed by atoms with Gasteiger partial charge in [0.25, 0.3) is 0 Å². The Bertz CT molecular complexity index is 1060. The number of aliphatic carboxylic acids is 1. The number of thiazole rings is 1. The third-order valence-electron chi connectivity index (χ3n) is 4.17. The number of carbonyl (C=O) groups excluding carboxylic acids is 2. The molecule has 1 radical (unpaired) electrons. The van der Waals surface area contributed by atoms with Crippen LogP contribution < -0.4 is 32.2 Å². The van der Waals surface area contributed by atoms with E-state index in [0.29, 0.717) is 59.5 Å². The summed E-state index contributed by atoms with van der Waals surface area (Å²) in [5, 5.41) is 30.9. The van der Waals surface area contributed by atoms with E-state index in [9.17, 15) is 25.1 Å². The van der Waals surface area contributed by atoms with E-state index in [1.165, 1.54) is 0 Å². The Kier molecular flexibility index (Phi) is 17.6. The molecule has 13 heteroatoms. The second-order valence-electron chi connectivity index (χ2n) is 7.62. The van der Waals surface area contributed by atoms with Crippen molar-refractivity contribution in [1.82, 2.24) is 4.98 Å². The molecule has 1 unspecified atom stereocenters. The molecule has 1 atom stereocenters. The summed E-state index contributed by atoms with van der Waals surface area (Å²) in [5.41, 5.74) is 16.7. The van der Waals surface area contributed by atoms with E-state index in [2.05, 4.69) is 16.0 Å². The molecule has 11 nitrogen and oxygen atoms in total. The maximum Gasteiger partial charge on any atom is 0.185 e. The number of carbonyl (C=O) groups is 2. The van der Waals surface area contributed by atoms with Crippen LogP contribution in [0.2, 0.25) is 0 Å². The van der Waals surface area contributed by atoms with E-state index >= 15 is 0 Å². The molecule has 36 heavy (non-hydrogen) atoms. The molecule has 0 saturated heterocycles. The molecule has 0 aliphatic heterocycles. The first-order valence-electron chi connectivity index (χ1n) is 10.3. The monoisotopic (exact) mass is 592 g/mol. The number of rotatable bonds is 10. The minimum Gasteiger partial charge on any atom is -0.548 e. The molecule has 0 aliphatic carbocycles. The first kappa shape index (κ1) is 35.6. The summed E-state index contributed by atoms with van der Waals surface area (Å²) in [4.78, 5) is 29.1. The molecule has 0 spiro atoms. The van der Waals surface area contributed by atoms with E-state index in [0.717, 1.165) is 11.3 Å². The number of nitrogens with two attached hydrogens (primary N) is 3. The van der Waals surface area contributed by atoms with Gasteiger partial charge in [0.1, 0.15) is 16.8 Å². The smallest absolute Gasteiger partial charge is 0.185 e. The number of ether oxygens (including phenoxy) is 1. The minimum absolute atomic E-state index is 0. The van der Waals surface area contributed by atoms with Crippen LogP contribution in [0.1, 0.15) is 47.6 Å². The van der Waals surface area contributed by atoms with Crippen LogP contribution in [-0.2, 0) is 37.5 Å². The fourth-order valence-corrected chi connectivity index (χ4v) is 3.38. The number of benzene rings is 1. The fraction of sp³-hybridized carbons (Fsp3) is 0.391. The van der Waals surface area contributed by atoms with Crippen molar-refractivity contribution in [3.05, 3.63) is 41.8 Å². The van der Waals surface area contributed by atoms with Crippen molar-refractivity contribution in [1.29, 1.82) is 5.26 Å². The summed E-state index contributed by atoms with van der Waals surface area (Å²) in [6.07, 6.45) is 0.853. The maximum absolute atomic E-state index is 11.0. The number of carboxylic acid groups (broad SMARTS) is 2. The topological polar surface area (TPSA) is 217 Å². The number of nitrogens with zero attached hydrogens (tertiary/aromatic N) is 3. The molecule has 0 aliphatic rings. The number of nitriles is 1. The van der Waals surface area contributed by atoms with Crippen LogP contribution in [0.5, 0.6) is 5.75 Å². The van der Waals surface area contributed by atoms with Crippen LogP contribution >= 0.6 is 11.3 Å². The van der Waals surface area contributed by atoms with Crippen LogP contribution in [0.4, 0.5) is 0 Å². The van der Waals surface area contributed by atoms with Crippen molar-refractivity contribution in [2.24, 2.45) is 28.1 Å². The number of carboxylic acids is 2. The van der Waals surface area contributed by atoms with Gasteiger partial charge < -0.3 is 49.2 Å². The molecule has 2 rings (SSSR count). The zero-order valence-corrected chi connectivity index (χ0v) is 24.5. The Morgan fingerprint density at radius 2 is 1.92 bits per heavy atom. The molecule has 1 aromatic heterocycles. The SMILES string of the molecule is Cc1nc(-c2ccc(OCC(C)C)c(C#N)c2)sc1C(=O)[O-].NC(N)=NCCCC(N)C(=O)[O-].[CH3-].[Y]. The standard InChI is InChI=1S/C16H16N2O3S.C6H14N4O2.CH3.Y/c1-9(2)8-21-13-5-4-11(6-12(13)7-17)15-18-10(3)14(22-15)16(19)20;7-4(5(11)12)2-1-3-10-6(8)9;;/h4-6,9H,8H2,1-3H3,(H,19,20);4H,1-3,7H2,(H,11,12)(H4,8,9,10);1H3;/q;;-1;/p-2. The van der Waals surface area contributed by atoms with E-state index in [1.807, 2.05) is 13.8 Å². The Balaban J connectivity index is 0. The van der Waals surface area contributed by atoms with Crippen molar-refractivity contribution >= 4 is 29.2 Å². The third-order valence-corrected chi connectivity index (χ3v) is 5.36. The van der Waals surface area contributed by atoms with E-state index in [-0.39, 0.29) is 51.0 Å². The van der Waals surface area contributed by atoms with Gasteiger partial charge in [-0.25, -0.2) is 4.98 Å². The van der Waals surface area contributed by atoms with E-state index in [4.69, 9.17) is 21.9 Å². The first-order valence-corrected chi connectivity index (χ1v) is 11.2. The third kappa shape index (κ3) is 12.4. The number of guanidine groups is 1. The Morgan fingerprint density at radius 3 is 2.39 bits per heavy atom. The van der Waals surface area contributed by atoms with Gasteiger partial charge in [0.15, 0.2) is 5.96 Å². The molecule has 2 aromatic rings. The van der Waals surface area contributed by atoms with Crippen molar-refractivity contribution in [3.8, 4) is 22.4 Å².